The molecule has 1 amide bonds. The van der Waals surface area contributed by atoms with Gasteiger partial charge in [-0.2, -0.15) is 5.26 Å². The van der Waals surface area contributed by atoms with Crippen LogP contribution in [-0.4, -0.2) is 21.9 Å². The molecule has 0 radical (unpaired) electrons. The molecule has 21 heavy (non-hydrogen) atoms. The van der Waals surface area contributed by atoms with Crippen LogP contribution in [0.5, 0.6) is 0 Å². The average molecular weight is 281 g/mol. The van der Waals surface area contributed by atoms with Crippen molar-refractivity contribution in [2.24, 2.45) is 0 Å². The summed E-state index contributed by atoms with van der Waals surface area (Å²) in [5.41, 5.74) is 1.20. The third-order valence-electron chi connectivity index (χ3n) is 2.63. The second kappa shape index (κ2) is 6.48. The zero-order valence-electron chi connectivity index (χ0n) is 11.8. The molecule has 0 saturated heterocycles. The average Bonchev–Trinajstić information content (AvgIpc) is 2.48. The Labute approximate surface area is 122 Å². The number of benzene rings is 1. The van der Waals surface area contributed by atoms with Crippen molar-refractivity contribution < 1.29 is 4.79 Å². The number of nitrogens with one attached hydrogen (secondary N) is 2. The van der Waals surface area contributed by atoms with E-state index >= 15 is 0 Å². The summed E-state index contributed by atoms with van der Waals surface area (Å²) < 4.78 is 0. The van der Waals surface area contributed by atoms with Gasteiger partial charge in [-0.1, -0.05) is 12.1 Å². The Balaban J connectivity index is 2.12. The van der Waals surface area contributed by atoms with Crippen molar-refractivity contribution in [3.05, 3.63) is 47.8 Å². The third-order valence-corrected chi connectivity index (χ3v) is 2.63. The van der Waals surface area contributed by atoms with E-state index in [1.54, 1.807) is 24.3 Å². The van der Waals surface area contributed by atoms with E-state index in [1.807, 2.05) is 19.9 Å². The first-order valence-electron chi connectivity index (χ1n) is 6.49. The Kier molecular flexibility index (Phi) is 4.46. The Morgan fingerprint density at radius 1 is 1.24 bits per heavy atom. The van der Waals surface area contributed by atoms with E-state index < -0.39 is 0 Å². The van der Waals surface area contributed by atoms with Gasteiger partial charge in [0, 0.05) is 18.4 Å². The summed E-state index contributed by atoms with van der Waals surface area (Å²) in [6.07, 6.45) is 2.89. The van der Waals surface area contributed by atoms with Crippen LogP contribution < -0.4 is 10.6 Å². The fourth-order valence-electron chi connectivity index (χ4n) is 1.66. The van der Waals surface area contributed by atoms with Crippen LogP contribution in [0.4, 0.5) is 11.6 Å². The highest BCUT2D eigenvalue weighted by Gasteiger charge is 2.10. The predicted octanol–water partition coefficient (Wildman–Crippen LogP) is 2.42. The number of para-hydroxylation sites is 1. The lowest BCUT2D eigenvalue weighted by molar-refractivity contribution is 0.102. The molecule has 0 aliphatic rings. The Morgan fingerprint density at radius 3 is 2.52 bits per heavy atom. The fourth-order valence-corrected chi connectivity index (χ4v) is 1.66. The van der Waals surface area contributed by atoms with Crippen molar-refractivity contribution in [1.82, 2.24) is 9.97 Å². The minimum Gasteiger partial charge on any atom is -0.352 e. The van der Waals surface area contributed by atoms with Gasteiger partial charge in [-0.05, 0) is 26.0 Å². The molecule has 0 fully saturated rings. The van der Waals surface area contributed by atoms with Crippen molar-refractivity contribution in [2.45, 2.75) is 19.9 Å². The van der Waals surface area contributed by atoms with E-state index in [0.717, 1.165) is 0 Å². The van der Waals surface area contributed by atoms with E-state index in [9.17, 15) is 4.79 Å². The van der Waals surface area contributed by atoms with Gasteiger partial charge in [0.1, 0.15) is 6.07 Å². The summed E-state index contributed by atoms with van der Waals surface area (Å²) in [5, 5.41) is 14.7. The molecule has 0 bridgehead atoms. The number of hydrogen-bond acceptors (Lipinski definition) is 5. The maximum atomic E-state index is 12.1. The lowest BCUT2D eigenvalue weighted by Crippen LogP contribution is -2.16. The monoisotopic (exact) mass is 281 g/mol. The summed E-state index contributed by atoms with van der Waals surface area (Å²) in [7, 11) is 0. The second-order valence-corrected chi connectivity index (χ2v) is 4.71. The largest absolute Gasteiger partial charge is 0.352 e. The predicted molar refractivity (Wildman–Crippen MR) is 79.9 cm³/mol. The molecule has 0 unspecified atom stereocenters. The summed E-state index contributed by atoms with van der Waals surface area (Å²) in [6, 6.07) is 9.05. The molecule has 1 aromatic carbocycles. The molecule has 0 saturated carbocycles. The standard InChI is InChI=1S/C15H15N5O/c1-10(2)19-15-17-8-12(9-18-15)14(21)20-13-6-4-3-5-11(13)7-16/h3-6,8-10H,1-2H3,(H,20,21)(H,17,18,19). The molecule has 1 heterocycles. The van der Waals surface area contributed by atoms with E-state index in [1.165, 1.54) is 12.4 Å². The minimum atomic E-state index is -0.353. The first kappa shape index (κ1) is 14.5. The van der Waals surface area contributed by atoms with Gasteiger partial charge in [-0.25, -0.2) is 9.97 Å². The Hall–Kier alpha value is -2.94. The van der Waals surface area contributed by atoms with Gasteiger partial charge in [-0.3, -0.25) is 4.79 Å². The lowest BCUT2D eigenvalue weighted by atomic mass is 10.2. The highest BCUT2D eigenvalue weighted by molar-refractivity contribution is 6.04. The number of nitrogens with zero attached hydrogens (tertiary/aromatic N) is 3. The van der Waals surface area contributed by atoms with Crippen molar-refractivity contribution in [3.63, 3.8) is 0 Å². The van der Waals surface area contributed by atoms with Gasteiger partial charge in [0.2, 0.25) is 5.95 Å². The summed E-state index contributed by atoms with van der Waals surface area (Å²) in [4.78, 5) is 20.2. The van der Waals surface area contributed by atoms with Crippen LogP contribution in [0.2, 0.25) is 0 Å². The summed E-state index contributed by atoms with van der Waals surface area (Å²) >= 11 is 0. The minimum absolute atomic E-state index is 0.215. The highest BCUT2D eigenvalue weighted by Crippen LogP contribution is 2.14. The van der Waals surface area contributed by atoms with Crippen LogP contribution in [0.1, 0.15) is 29.8 Å². The van der Waals surface area contributed by atoms with Gasteiger partial charge in [-0.15, -0.1) is 0 Å². The topological polar surface area (TPSA) is 90.7 Å². The lowest BCUT2D eigenvalue weighted by Gasteiger charge is -2.09. The van der Waals surface area contributed by atoms with Crippen molar-refractivity contribution in [2.75, 3.05) is 10.6 Å². The van der Waals surface area contributed by atoms with E-state index in [2.05, 4.69) is 20.6 Å². The normalized spacial score (nSPS) is 10.0. The number of anilines is 2. The molecule has 6 heteroatoms. The van der Waals surface area contributed by atoms with Gasteiger partial charge in [0.15, 0.2) is 0 Å². The van der Waals surface area contributed by atoms with Crippen molar-refractivity contribution >= 4 is 17.5 Å². The number of nitriles is 1. The number of rotatable bonds is 4. The van der Waals surface area contributed by atoms with Gasteiger partial charge in [0.25, 0.3) is 5.91 Å². The maximum absolute atomic E-state index is 12.1. The fraction of sp³-hybridized carbons (Fsp3) is 0.200. The third kappa shape index (κ3) is 3.76. The Morgan fingerprint density at radius 2 is 1.90 bits per heavy atom. The molecule has 0 spiro atoms. The number of amides is 1. The molecule has 0 atom stereocenters. The van der Waals surface area contributed by atoms with Gasteiger partial charge < -0.3 is 10.6 Å². The molecule has 0 aliphatic carbocycles. The van der Waals surface area contributed by atoms with Crippen molar-refractivity contribution in [3.8, 4) is 6.07 Å². The summed E-state index contributed by atoms with van der Waals surface area (Å²) in [6.45, 7) is 3.95. The van der Waals surface area contributed by atoms with Crippen LogP contribution in [-0.2, 0) is 0 Å². The van der Waals surface area contributed by atoms with Crippen LogP contribution >= 0.6 is 0 Å². The second-order valence-electron chi connectivity index (χ2n) is 4.71. The number of aromatic nitrogens is 2. The number of carbonyl (C=O) groups is 1. The number of hydrogen-bond donors (Lipinski definition) is 2. The molecule has 2 N–H and O–H groups in total. The van der Waals surface area contributed by atoms with Crippen molar-refractivity contribution in [1.29, 1.82) is 5.26 Å². The first-order chi connectivity index (χ1) is 10.1. The quantitative estimate of drug-likeness (QED) is 0.898. The van der Waals surface area contributed by atoms with Crippen LogP contribution in [0.3, 0.4) is 0 Å². The van der Waals surface area contributed by atoms with Crippen LogP contribution in [0.15, 0.2) is 36.7 Å². The van der Waals surface area contributed by atoms with Gasteiger partial charge in [0.05, 0.1) is 16.8 Å². The molecule has 0 aliphatic heterocycles. The van der Waals surface area contributed by atoms with E-state index in [4.69, 9.17) is 5.26 Å². The molecule has 2 aromatic rings. The molecule has 2 rings (SSSR count). The van der Waals surface area contributed by atoms with Gasteiger partial charge >= 0.3 is 0 Å². The molecular formula is C15H15N5O. The van der Waals surface area contributed by atoms with Crippen LogP contribution in [0.25, 0.3) is 0 Å². The molecule has 6 nitrogen and oxygen atoms in total. The van der Waals surface area contributed by atoms with Crippen LogP contribution in [0, 0.1) is 11.3 Å². The SMILES string of the molecule is CC(C)Nc1ncc(C(=O)Nc2ccccc2C#N)cn1. The highest BCUT2D eigenvalue weighted by atomic mass is 16.1. The zero-order chi connectivity index (χ0) is 15.2. The zero-order valence-corrected chi connectivity index (χ0v) is 11.8. The smallest absolute Gasteiger partial charge is 0.258 e. The number of carbonyl (C=O) groups excluding carboxylic acids is 1. The molecular weight excluding hydrogens is 266 g/mol. The molecule has 1 aromatic heterocycles. The Bertz CT molecular complexity index is 673. The van der Waals surface area contributed by atoms with E-state index in [-0.39, 0.29) is 11.9 Å². The maximum Gasteiger partial charge on any atom is 0.258 e. The first-order valence-corrected chi connectivity index (χ1v) is 6.49. The summed E-state index contributed by atoms with van der Waals surface area (Å²) in [5.74, 6) is 0.118. The van der Waals surface area contributed by atoms with E-state index in [0.29, 0.717) is 22.8 Å². The molecule has 106 valence electrons.